The number of fused-ring (bicyclic) bond motifs is 1. The molecule has 0 saturated carbocycles. The molecule has 1 aliphatic heterocycles. The fourth-order valence-corrected chi connectivity index (χ4v) is 4.52. The highest BCUT2D eigenvalue weighted by atomic mass is 16.2. The zero-order valence-corrected chi connectivity index (χ0v) is 20.9. The normalized spacial score (nSPS) is 13.2. The summed E-state index contributed by atoms with van der Waals surface area (Å²) in [5.74, 6) is -0.172. The van der Waals surface area contributed by atoms with Gasteiger partial charge in [0.05, 0.1) is 5.56 Å². The van der Waals surface area contributed by atoms with Gasteiger partial charge in [0.2, 0.25) is 5.91 Å². The van der Waals surface area contributed by atoms with Gasteiger partial charge in [-0.05, 0) is 53.1 Å². The molecule has 1 heterocycles. The fraction of sp³-hybridized carbons (Fsp3) is 0.333. The molecule has 0 aromatic heterocycles. The number of hydrogen-bond donors (Lipinski definition) is 2. The molecule has 3 aromatic rings. The number of hydrogen-bond acceptors (Lipinski definition) is 3. The van der Waals surface area contributed by atoms with Crippen LogP contribution in [0.2, 0.25) is 0 Å². The Morgan fingerprint density at radius 1 is 0.914 bits per heavy atom. The Morgan fingerprint density at radius 2 is 1.63 bits per heavy atom. The van der Waals surface area contributed by atoms with Gasteiger partial charge in [0.15, 0.2) is 0 Å². The van der Waals surface area contributed by atoms with Gasteiger partial charge in [0.1, 0.15) is 0 Å². The van der Waals surface area contributed by atoms with E-state index < -0.39 is 0 Å². The van der Waals surface area contributed by atoms with Crippen molar-refractivity contribution in [1.82, 2.24) is 5.32 Å². The summed E-state index contributed by atoms with van der Waals surface area (Å²) in [7, 11) is 0. The summed E-state index contributed by atoms with van der Waals surface area (Å²) in [5, 5.41) is 6.07. The number of nitrogens with one attached hydrogen (secondary N) is 2. The van der Waals surface area contributed by atoms with Crippen molar-refractivity contribution in [3.63, 3.8) is 0 Å². The number of benzene rings is 3. The number of rotatable bonds is 7. The molecule has 5 heteroatoms. The summed E-state index contributed by atoms with van der Waals surface area (Å²) < 4.78 is 0. The first-order chi connectivity index (χ1) is 16.8. The lowest BCUT2D eigenvalue weighted by Crippen LogP contribution is -2.33. The minimum atomic E-state index is -0.123. The first-order valence-corrected chi connectivity index (χ1v) is 12.4. The highest BCUT2D eigenvalue weighted by Crippen LogP contribution is 2.30. The number of carbonyl (C=O) groups is 2. The third-order valence-electron chi connectivity index (χ3n) is 6.23. The molecule has 182 valence electrons. The van der Waals surface area contributed by atoms with Crippen molar-refractivity contribution in [2.45, 2.75) is 46.6 Å². The Hall–Kier alpha value is -3.60. The largest absolute Gasteiger partial charge is 0.366 e. The topological polar surface area (TPSA) is 61.4 Å². The predicted octanol–water partition coefficient (Wildman–Crippen LogP) is 5.60. The second-order valence-corrected chi connectivity index (χ2v) is 10.4. The van der Waals surface area contributed by atoms with Crippen LogP contribution in [-0.2, 0) is 24.2 Å². The number of amides is 2. The zero-order chi connectivity index (χ0) is 24.8. The van der Waals surface area contributed by atoms with E-state index in [0.717, 1.165) is 31.6 Å². The summed E-state index contributed by atoms with van der Waals surface area (Å²) in [6, 6.07) is 24.3. The van der Waals surface area contributed by atoms with Crippen LogP contribution >= 0.6 is 0 Å². The van der Waals surface area contributed by atoms with Crippen molar-refractivity contribution in [1.29, 1.82) is 0 Å². The summed E-state index contributed by atoms with van der Waals surface area (Å²) in [6.45, 7) is 8.26. The van der Waals surface area contributed by atoms with E-state index in [0.29, 0.717) is 24.2 Å². The van der Waals surface area contributed by atoms with Crippen LogP contribution in [0.25, 0.3) is 0 Å². The summed E-state index contributed by atoms with van der Waals surface area (Å²) in [4.78, 5) is 28.2. The van der Waals surface area contributed by atoms with Crippen LogP contribution in [0.1, 0.15) is 54.2 Å². The van der Waals surface area contributed by atoms with Gasteiger partial charge in [0, 0.05) is 37.4 Å². The second kappa shape index (κ2) is 10.8. The lowest BCUT2D eigenvalue weighted by Gasteiger charge is -2.32. The van der Waals surface area contributed by atoms with Crippen molar-refractivity contribution in [3.8, 4) is 0 Å². The predicted molar refractivity (Wildman–Crippen MR) is 143 cm³/mol. The van der Waals surface area contributed by atoms with E-state index in [1.165, 1.54) is 16.7 Å². The molecule has 0 aliphatic carbocycles. The second-order valence-electron chi connectivity index (χ2n) is 10.4. The fourth-order valence-electron chi connectivity index (χ4n) is 4.52. The van der Waals surface area contributed by atoms with Crippen LogP contribution in [0.4, 0.5) is 11.4 Å². The quantitative estimate of drug-likeness (QED) is 0.474. The minimum Gasteiger partial charge on any atom is -0.366 e. The number of nitrogens with zero attached hydrogens (tertiary/aromatic N) is 1. The number of carbonyl (C=O) groups excluding carboxylic acids is 2. The molecule has 2 amide bonds. The van der Waals surface area contributed by atoms with Gasteiger partial charge >= 0.3 is 0 Å². The molecule has 0 unspecified atom stereocenters. The van der Waals surface area contributed by atoms with Gasteiger partial charge in [-0.3, -0.25) is 9.59 Å². The van der Waals surface area contributed by atoms with Crippen molar-refractivity contribution in [3.05, 3.63) is 95.1 Å². The van der Waals surface area contributed by atoms with Gasteiger partial charge in [-0.25, -0.2) is 0 Å². The monoisotopic (exact) mass is 469 g/mol. The molecule has 0 radical (unpaired) electrons. The zero-order valence-electron chi connectivity index (χ0n) is 20.9. The standard InChI is InChI=1S/C30H35N3O2/c1-30(2,3)20-28(34)32-25-13-14-27(33-18-16-23-11-7-8-12-24(23)21-33)26(19-25)29(35)31-17-15-22-9-5-4-6-10-22/h4-14,19H,15-18,20-21H2,1-3H3,(H,31,35)(H,32,34). The molecule has 3 aromatic carbocycles. The lowest BCUT2D eigenvalue weighted by atomic mass is 9.92. The Morgan fingerprint density at radius 3 is 2.37 bits per heavy atom. The molecular weight excluding hydrogens is 434 g/mol. The maximum atomic E-state index is 13.4. The van der Waals surface area contributed by atoms with E-state index in [9.17, 15) is 9.59 Å². The van der Waals surface area contributed by atoms with Crippen molar-refractivity contribution < 1.29 is 9.59 Å². The van der Waals surface area contributed by atoms with E-state index >= 15 is 0 Å². The first kappa shape index (κ1) is 24.5. The Balaban J connectivity index is 1.55. The van der Waals surface area contributed by atoms with Crippen LogP contribution in [0, 0.1) is 5.41 Å². The van der Waals surface area contributed by atoms with Crippen LogP contribution in [0.15, 0.2) is 72.8 Å². The van der Waals surface area contributed by atoms with Crippen molar-refractivity contribution in [2.24, 2.45) is 5.41 Å². The van der Waals surface area contributed by atoms with Gasteiger partial charge < -0.3 is 15.5 Å². The molecule has 5 nitrogen and oxygen atoms in total. The highest BCUT2D eigenvalue weighted by molar-refractivity contribution is 6.02. The van der Waals surface area contributed by atoms with E-state index in [2.05, 4.69) is 51.9 Å². The smallest absolute Gasteiger partial charge is 0.253 e. The molecule has 4 rings (SSSR count). The molecule has 0 bridgehead atoms. The van der Waals surface area contributed by atoms with E-state index in [4.69, 9.17) is 0 Å². The van der Waals surface area contributed by atoms with Crippen molar-refractivity contribution in [2.75, 3.05) is 23.3 Å². The summed E-state index contributed by atoms with van der Waals surface area (Å²) >= 11 is 0. The van der Waals surface area contributed by atoms with E-state index in [-0.39, 0.29) is 17.2 Å². The Labute approximate surface area is 208 Å². The first-order valence-electron chi connectivity index (χ1n) is 12.4. The van der Waals surface area contributed by atoms with Crippen LogP contribution in [0.5, 0.6) is 0 Å². The Kier molecular flexibility index (Phi) is 7.54. The molecule has 0 fully saturated rings. The van der Waals surface area contributed by atoms with Gasteiger partial charge in [-0.1, -0.05) is 75.4 Å². The van der Waals surface area contributed by atoms with Crippen molar-refractivity contribution >= 4 is 23.2 Å². The summed E-state index contributed by atoms with van der Waals surface area (Å²) in [5.41, 5.74) is 5.86. The molecule has 0 saturated heterocycles. The summed E-state index contributed by atoms with van der Waals surface area (Å²) in [6.07, 6.45) is 2.12. The minimum absolute atomic E-state index is 0.0485. The molecule has 2 N–H and O–H groups in total. The van der Waals surface area contributed by atoms with Crippen LogP contribution in [0.3, 0.4) is 0 Å². The molecule has 0 atom stereocenters. The average Bonchev–Trinajstić information content (AvgIpc) is 2.83. The van der Waals surface area contributed by atoms with Gasteiger partial charge in [-0.2, -0.15) is 0 Å². The maximum Gasteiger partial charge on any atom is 0.253 e. The molecule has 35 heavy (non-hydrogen) atoms. The highest BCUT2D eigenvalue weighted by Gasteiger charge is 2.22. The molecular formula is C30H35N3O2. The maximum absolute atomic E-state index is 13.4. The van der Waals surface area contributed by atoms with E-state index in [1.54, 1.807) is 0 Å². The average molecular weight is 470 g/mol. The third-order valence-corrected chi connectivity index (χ3v) is 6.23. The van der Waals surface area contributed by atoms with Crippen LogP contribution in [-0.4, -0.2) is 24.9 Å². The van der Waals surface area contributed by atoms with Gasteiger partial charge in [-0.15, -0.1) is 0 Å². The Bertz CT molecular complexity index is 1180. The van der Waals surface area contributed by atoms with Crippen LogP contribution < -0.4 is 15.5 Å². The lowest BCUT2D eigenvalue weighted by molar-refractivity contribution is -0.117. The third kappa shape index (κ3) is 6.72. The molecule has 0 spiro atoms. The van der Waals surface area contributed by atoms with E-state index in [1.807, 2.05) is 57.2 Å². The SMILES string of the molecule is CC(C)(C)CC(=O)Nc1ccc(N2CCc3ccccc3C2)c(C(=O)NCCc2ccccc2)c1. The number of anilines is 2. The van der Waals surface area contributed by atoms with Gasteiger partial charge in [0.25, 0.3) is 5.91 Å². The molecule has 1 aliphatic rings.